The maximum atomic E-state index is 5.80. The molecule has 0 saturated heterocycles. The fraction of sp³-hybridized carbons (Fsp3) is 0.176. The fourth-order valence-electron chi connectivity index (χ4n) is 2.15. The summed E-state index contributed by atoms with van der Waals surface area (Å²) in [6.45, 7) is 5.18. The molecule has 0 amide bonds. The highest BCUT2D eigenvalue weighted by atomic mass is 35.5. The first-order chi connectivity index (χ1) is 9.27. The average molecular weight is 272 g/mol. The highest BCUT2D eigenvalue weighted by Crippen LogP contribution is 2.23. The second-order valence-electron chi connectivity index (χ2n) is 4.52. The van der Waals surface area contributed by atoms with Gasteiger partial charge in [-0.2, -0.15) is 0 Å². The maximum Gasteiger partial charge on any atom is 0.0307 e. The predicted molar refractivity (Wildman–Crippen MR) is 82.6 cm³/mol. The molecule has 1 nitrogen and oxygen atoms in total. The van der Waals surface area contributed by atoms with Gasteiger partial charge in [0.1, 0.15) is 0 Å². The Labute approximate surface area is 119 Å². The predicted octanol–water partition coefficient (Wildman–Crippen LogP) is 4.16. The van der Waals surface area contributed by atoms with Crippen LogP contribution in [0.4, 0.5) is 0 Å². The van der Waals surface area contributed by atoms with Crippen molar-refractivity contribution in [3.63, 3.8) is 0 Å². The third-order valence-electron chi connectivity index (χ3n) is 3.07. The van der Waals surface area contributed by atoms with Crippen LogP contribution in [0.5, 0.6) is 0 Å². The van der Waals surface area contributed by atoms with Crippen molar-refractivity contribution >= 4 is 11.6 Å². The summed E-state index contributed by atoms with van der Waals surface area (Å²) in [5.41, 5.74) is 2.61. The van der Waals surface area contributed by atoms with E-state index in [2.05, 4.69) is 60.4 Å². The molecule has 0 aliphatic heterocycles. The molecule has 0 radical (unpaired) electrons. The van der Waals surface area contributed by atoms with E-state index in [-0.39, 0.29) is 0 Å². The molecule has 0 unspecified atom stereocenters. The third kappa shape index (κ3) is 4.23. The van der Waals surface area contributed by atoms with Gasteiger partial charge < -0.3 is 5.32 Å². The van der Waals surface area contributed by atoms with E-state index in [1.165, 1.54) is 11.1 Å². The molecule has 2 aromatic rings. The molecule has 0 bridgehead atoms. The number of benzene rings is 2. The summed E-state index contributed by atoms with van der Waals surface area (Å²) in [7, 11) is 0. The molecule has 0 aliphatic carbocycles. The zero-order valence-corrected chi connectivity index (χ0v) is 11.6. The first kappa shape index (κ1) is 13.9. The summed E-state index contributed by atoms with van der Waals surface area (Å²) in [4.78, 5) is 0. The van der Waals surface area contributed by atoms with E-state index < -0.39 is 0 Å². The Balaban J connectivity index is 2.17. The van der Waals surface area contributed by atoms with Gasteiger partial charge in [-0.25, -0.2) is 0 Å². The van der Waals surface area contributed by atoms with Gasteiger partial charge in [-0.1, -0.05) is 78.8 Å². The smallest absolute Gasteiger partial charge is 0.0307 e. The van der Waals surface area contributed by atoms with Crippen molar-refractivity contribution in [3.8, 4) is 0 Å². The Morgan fingerprint density at radius 1 is 0.947 bits per heavy atom. The van der Waals surface area contributed by atoms with Crippen LogP contribution >= 0.6 is 11.6 Å². The summed E-state index contributed by atoms with van der Waals surface area (Å²) in [5.74, 6) is 0.332. The molecule has 1 N–H and O–H groups in total. The quantitative estimate of drug-likeness (QED) is 0.832. The van der Waals surface area contributed by atoms with Crippen molar-refractivity contribution in [3.05, 3.63) is 83.4 Å². The van der Waals surface area contributed by atoms with Gasteiger partial charge in [0.05, 0.1) is 0 Å². The maximum absolute atomic E-state index is 5.80. The zero-order valence-electron chi connectivity index (χ0n) is 10.9. The largest absolute Gasteiger partial charge is 0.311 e. The summed E-state index contributed by atoms with van der Waals surface area (Å²) in [6, 6.07) is 21.0. The molecule has 0 aromatic heterocycles. The molecule has 0 atom stereocenters. The number of hydrogen-bond donors (Lipinski definition) is 1. The Morgan fingerprint density at radius 2 is 1.42 bits per heavy atom. The first-order valence-corrected chi connectivity index (χ1v) is 6.79. The Bertz CT molecular complexity index is 468. The first-order valence-electron chi connectivity index (χ1n) is 6.41. The van der Waals surface area contributed by atoms with Crippen LogP contribution in [-0.4, -0.2) is 13.1 Å². The van der Waals surface area contributed by atoms with Crippen molar-refractivity contribution in [2.45, 2.75) is 5.92 Å². The van der Waals surface area contributed by atoms with Gasteiger partial charge in [0, 0.05) is 24.0 Å². The van der Waals surface area contributed by atoms with Crippen LogP contribution in [0.15, 0.2) is 72.3 Å². The molecule has 2 heteroatoms. The lowest BCUT2D eigenvalue weighted by Gasteiger charge is -2.18. The summed E-state index contributed by atoms with van der Waals surface area (Å²) < 4.78 is 0. The van der Waals surface area contributed by atoms with Crippen molar-refractivity contribution < 1.29 is 0 Å². The molecule has 0 fully saturated rings. The van der Waals surface area contributed by atoms with Gasteiger partial charge in [-0.05, 0) is 11.1 Å². The van der Waals surface area contributed by atoms with Crippen LogP contribution < -0.4 is 5.32 Å². The zero-order chi connectivity index (χ0) is 13.5. The fourth-order valence-corrected chi connectivity index (χ4v) is 2.25. The van der Waals surface area contributed by atoms with Crippen molar-refractivity contribution in [2.75, 3.05) is 13.1 Å². The van der Waals surface area contributed by atoms with Crippen LogP contribution in [0.1, 0.15) is 17.0 Å². The van der Waals surface area contributed by atoms with Crippen molar-refractivity contribution in [2.24, 2.45) is 0 Å². The topological polar surface area (TPSA) is 12.0 Å². The number of nitrogens with one attached hydrogen (secondary N) is 1. The molecule has 2 rings (SSSR count). The standard InChI is InChI=1S/C17H18ClN/c1-14(18)12-19-13-17(15-8-4-2-5-9-15)16-10-6-3-7-11-16/h2-11,17,19H,1,12-13H2. The van der Waals surface area contributed by atoms with Gasteiger partial charge in [-0.15, -0.1) is 0 Å². The molecule has 19 heavy (non-hydrogen) atoms. The van der Waals surface area contributed by atoms with E-state index in [4.69, 9.17) is 11.6 Å². The van der Waals surface area contributed by atoms with Crippen LogP contribution in [0.3, 0.4) is 0 Å². The van der Waals surface area contributed by atoms with Gasteiger partial charge in [0.2, 0.25) is 0 Å². The minimum atomic E-state index is 0.332. The van der Waals surface area contributed by atoms with Gasteiger partial charge >= 0.3 is 0 Å². The Kier molecular flexibility index (Phi) is 5.20. The molecule has 0 aliphatic rings. The second-order valence-corrected chi connectivity index (χ2v) is 5.06. The highest BCUT2D eigenvalue weighted by Gasteiger charge is 2.12. The third-order valence-corrected chi connectivity index (χ3v) is 3.20. The number of rotatable bonds is 6. The Morgan fingerprint density at radius 3 is 1.84 bits per heavy atom. The van der Waals surface area contributed by atoms with Gasteiger partial charge in [-0.3, -0.25) is 0 Å². The van der Waals surface area contributed by atoms with E-state index in [1.807, 2.05) is 12.1 Å². The molecule has 2 aromatic carbocycles. The average Bonchev–Trinajstić information content (AvgIpc) is 2.45. The van der Waals surface area contributed by atoms with Gasteiger partial charge in [0.25, 0.3) is 0 Å². The lowest BCUT2D eigenvalue weighted by atomic mass is 9.91. The number of hydrogen-bond acceptors (Lipinski definition) is 1. The van der Waals surface area contributed by atoms with E-state index >= 15 is 0 Å². The SMILES string of the molecule is C=C(Cl)CNCC(c1ccccc1)c1ccccc1. The molecule has 0 spiro atoms. The van der Waals surface area contributed by atoms with Crippen molar-refractivity contribution in [1.29, 1.82) is 0 Å². The minimum Gasteiger partial charge on any atom is -0.311 e. The lowest BCUT2D eigenvalue weighted by molar-refractivity contribution is 0.674. The van der Waals surface area contributed by atoms with Crippen LogP contribution in [0.25, 0.3) is 0 Å². The van der Waals surface area contributed by atoms with Crippen LogP contribution in [-0.2, 0) is 0 Å². The molecule has 98 valence electrons. The lowest BCUT2D eigenvalue weighted by Crippen LogP contribution is -2.23. The molecule has 0 heterocycles. The summed E-state index contributed by atoms with van der Waals surface area (Å²) in [5, 5.41) is 3.99. The second kappa shape index (κ2) is 7.13. The van der Waals surface area contributed by atoms with E-state index in [9.17, 15) is 0 Å². The summed E-state index contributed by atoms with van der Waals surface area (Å²) >= 11 is 5.80. The van der Waals surface area contributed by atoms with Crippen LogP contribution in [0.2, 0.25) is 0 Å². The minimum absolute atomic E-state index is 0.332. The molecular weight excluding hydrogens is 254 g/mol. The van der Waals surface area contributed by atoms with Gasteiger partial charge in [0.15, 0.2) is 0 Å². The van der Waals surface area contributed by atoms with Crippen LogP contribution in [0, 0.1) is 0 Å². The van der Waals surface area contributed by atoms with E-state index in [1.54, 1.807) is 0 Å². The van der Waals surface area contributed by atoms with Crippen molar-refractivity contribution in [1.82, 2.24) is 5.32 Å². The van der Waals surface area contributed by atoms with E-state index in [0.29, 0.717) is 17.5 Å². The normalized spacial score (nSPS) is 10.6. The highest BCUT2D eigenvalue weighted by molar-refractivity contribution is 6.29. The number of halogens is 1. The molecule has 0 saturated carbocycles. The summed E-state index contributed by atoms with van der Waals surface area (Å²) in [6.07, 6.45) is 0. The molecular formula is C17H18ClN. The Hall–Kier alpha value is -1.57. The van der Waals surface area contributed by atoms with E-state index in [0.717, 1.165) is 6.54 Å². The monoisotopic (exact) mass is 271 g/mol.